The molecule has 0 saturated heterocycles. The fourth-order valence-corrected chi connectivity index (χ4v) is 1.81. The van der Waals surface area contributed by atoms with Crippen molar-refractivity contribution < 1.29 is 4.74 Å². The average Bonchev–Trinajstić information content (AvgIpc) is 2.97. The van der Waals surface area contributed by atoms with E-state index in [1.54, 1.807) is 13.3 Å². The monoisotopic (exact) mass is 276 g/mol. The SMILES string of the molecule is CNc1cc(NCCCn2ccnc2)nc(COC)n1. The third kappa shape index (κ3) is 4.20. The van der Waals surface area contributed by atoms with Crippen molar-refractivity contribution in [1.29, 1.82) is 0 Å². The van der Waals surface area contributed by atoms with Gasteiger partial charge >= 0.3 is 0 Å². The highest BCUT2D eigenvalue weighted by Crippen LogP contribution is 2.11. The third-order valence-electron chi connectivity index (χ3n) is 2.76. The van der Waals surface area contributed by atoms with Gasteiger partial charge in [0.2, 0.25) is 0 Å². The molecular weight excluding hydrogens is 256 g/mol. The molecule has 2 aromatic heterocycles. The van der Waals surface area contributed by atoms with Crippen LogP contribution in [0.5, 0.6) is 0 Å². The topological polar surface area (TPSA) is 76.9 Å². The summed E-state index contributed by atoms with van der Waals surface area (Å²) in [5, 5.41) is 6.32. The Balaban J connectivity index is 1.86. The van der Waals surface area contributed by atoms with Gasteiger partial charge in [-0.3, -0.25) is 0 Å². The van der Waals surface area contributed by atoms with E-state index in [9.17, 15) is 0 Å². The number of anilines is 2. The molecule has 2 aromatic rings. The van der Waals surface area contributed by atoms with Crippen molar-refractivity contribution in [2.24, 2.45) is 0 Å². The van der Waals surface area contributed by atoms with Gasteiger partial charge in [0.05, 0.1) is 6.33 Å². The first-order valence-corrected chi connectivity index (χ1v) is 6.56. The van der Waals surface area contributed by atoms with Crippen molar-refractivity contribution in [1.82, 2.24) is 19.5 Å². The summed E-state index contributed by atoms with van der Waals surface area (Å²) in [7, 11) is 3.47. The zero-order valence-corrected chi connectivity index (χ0v) is 11.8. The Labute approximate surface area is 118 Å². The molecule has 2 N–H and O–H groups in total. The van der Waals surface area contributed by atoms with Gasteiger partial charge in [-0.25, -0.2) is 15.0 Å². The predicted molar refractivity (Wildman–Crippen MR) is 77.6 cm³/mol. The molecule has 2 heterocycles. The number of nitrogens with zero attached hydrogens (tertiary/aromatic N) is 4. The van der Waals surface area contributed by atoms with Gasteiger partial charge in [-0.05, 0) is 6.42 Å². The van der Waals surface area contributed by atoms with Gasteiger partial charge in [0.25, 0.3) is 0 Å². The van der Waals surface area contributed by atoms with Crippen LogP contribution in [0.15, 0.2) is 24.8 Å². The van der Waals surface area contributed by atoms with Crippen LogP contribution in [0.2, 0.25) is 0 Å². The standard InChI is InChI=1S/C13H20N6O/c1-14-11-8-12(18-13(17-11)9-20-2)16-4-3-6-19-7-5-15-10-19/h5,7-8,10H,3-4,6,9H2,1-2H3,(H2,14,16,17,18). The summed E-state index contributed by atoms with van der Waals surface area (Å²) in [6.45, 7) is 2.17. The van der Waals surface area contributed by atoms with Gasteiger partial charge in [0, 0.05) is 45.7 Å². The number of aryl methyl sites for hydroxylation is 1. The average molecular weight is 276 g/mol. The van der Waals surface area contributed by atoms with Crippen LogP contribution in [0.3, 0.4) is 0 Å². The second-order valence-electron chi connectivity index (χ2n) is 4.32. The molecule has 0 unspecified atom stereocenters. The van der Waals surface area contributed by atoms with E-state index < -0.39 is 0 Å². The summed E-state index contributed by atoms with van der Waals surface area (Å²) in [5.41, 5.74) is 0. The summed E-state index contributed by atoms with van der Waals surface area (Å²) in [6.07, 6.45) is 6.56. The normalized spacial score (nSPS) is 10.5. The van der Waals surface area contributed by atoms with Gasteiger partial charge in [-0.1, -0.05) is 0 Å². The van der Waals surface area contributed by atoms with Gasteiger partial charge < -0.3 is 19.9 Å². The second kappa shape index (κ2) is 7.44. The number of imidazole rings is 1. The van der Waals surface area contributed by atoms with Crippen molar-refractivity contribution in [3.05, 3.63) is 30.6 Å². The largest absolute Gasteiger partial charge is 0.377 e. The Kier molecular flexibility index (Phi) is 5.31. The summed E-state index contributed by atoms with van der Waals surface area (Å²) in [5.74, 6) is 2.25. The summed E-state index contributed by atoms with van der Waals surface area (Å²) >= 11 is 0. The molecule has 0 amide bonds. The maximum Gasteiger partial charge on any atom is 0.158 e. The minimum absolute atomic E-state index is 0.402. The number of methoxy groups -OCH3 is 1. The molecule has 0 atom stereocenters. The van der Waals surface area contributed by atoms with Crippen LogP contribution in [0.1, 0.15) is 12.2 Å². The number of hydrogen-bond acceptors (Lipinski definition) is 6. The van der Waals surface area contributed by atoms with Gasteiger partial charge in [0.1, 0.15) is 18.2 Å². The van der Waals surface area contributed by atoms with E-state index in [2.05, 4.69) is 30.2 Å². The van der Waals surface area contributed by atoms with Crippen LogP contribution in [0, 0.1) is 0 Å². The molecule has 0 saturated carbocycles. The maximum atomic E-state index is 5.07. The number of aromatic nitrogens is 4. The minimum atomic E-state index is 0.402. The molecule has 0 spiro atoms. The molecule has 0 aliphatic heterocycles. The highest BCUT2D eigenvalue weighted by Gasteiger charge is 2.03. The second-order valence-corrected chi connectivity index (χ2v) is 4.32. The molecule has 0 radical (unpaired) electrons. The first-order valence-electron chi connectivity index (χ1n) is 6.56. The number of rotatable bonds is 8. The van der Waals surface area contributed by atoms with Crippen molar-refractivity contribution in [3.8, 4) is 0 Å². The molecule has 0 aliphatic rings. The molecule has 7 nitrogen and oxygen atoms in total. The van der Waals surface area contributed by atoms with Crippen LogP contribution in [-0.4, -0.2) is 40.2 Å². The number of ether oxygens (including phenoxy) is 1. The van der Waals surface area contributed by atoms with E-state index in [0.29, 0.717) is 12.4 Å². The fourth-order valence-electron chi connectivity index (χ4n) is 1.81. The summed E-state index contributed by atoms with van der Waals surface area (Å²) in [4.78, 5) is 12.7. The minimum Gasteiger partial charge on any atom is -0.377 e. The van der Waals surface area contributed by atoms with Gasteiger partial charge in [0.15, 0.2) is 5.82 Å². The van der Waals surface area contributed by atoms with E-state index in [1.807, 2.05) is 25.6 Å². The predicted octanol–water partition coefficient (Wildman–Crippen LogP) is 1.36. The maximum absolute atomic E-state index is 5.07. The molecule has 0 aliphatic carbocycles. The smallest absolute Gasteiger partial charge is 0.158 e. The van der Waals surface area contributed by atoms with Crippen molar-refractivity contribution in [2.45, 2.75) is 19.6 Å². The van der Waals surface area contributed by atoms with Crippen LogP contribution in [0.25, 0.3) is 0 Å². The number of nitrogens with one attached hydrogen (secondary N) is 2. The molecule has 0 bridgehead atoms. The van der Waals surface area contributed by atoms with Gasteiger partial charge in [-0.2, -0.15) is 0 Å². The Hall–Kier alpha value is -2.15. The molecule has 108 valence electrons. The van der Waals surface area contributed by atoms with E-state index in [0.717, 1.165) is 31.1 Å². The molecule has 7 heteroatoms. The van der Waals surface area contributed by atoms with E-state index >= 15 is 0 Å². The number of hydrogen-bond donors (Lipinski definition) is 2. The lowest BCUT2D eigenvalue weighted by Gasteiger charge is -2.09. The first-order chi connectivity index (χ1) is 9.81. The van der Waals surface area contributed by atoms with Crippen LogP contribution in [0.4, 0.5) is 11.6 Å². The molecule has 20 heavy (non-hydrogen) atoms. The van der Waals surface area contributed by atoms with Crippen molar-refractivity contribution in [2.75, 3.05) is 31.3 Å². The van der Waals surface area contributed by atoms with Crippen molar-refractivity contribution >= 4 is 11.6 Å². The molecule has 0 fully saturated rings. The highest BCUT2D eigenvalue weighted by molar-refractivity contribution is 5.47. The lowest BCUT2D eigenvalue weighted by atomic mass is 10.4. The summed E-state index contributed by atoms with van der Waals surface area (Å²) < 4.78 is 7.12. The Morgan fingerprint density at radius 1 is 1.30 bits per heavy atom. The quantitative estimate of drug-likeness (QED) is 0.709. The lowest BCUT2D eigenvalue weighted by molar-refractivity contribution is 0.178. The Morgan fingerprint density at radius 3 is 2.85 bits per heavy atom. The van der Waals surface area contributed by atoms with Crippen LogP contribution in [-0.2, 0) is 17.9 Å². The first kappa shape index (κ1) is 14.3. The molecule has 2 rings (SSSR count). The lowest BCUT2D eigenvalue weighted by Crippen LogP contribution is -2.10. The Morgan fingerprint density at radius 2 is 2.15 bits per heavy atom. The van der Waals surface area contributed by atoms with Crippen molar-refractivity contribution in [3.63, 3.8) is 0 Å². The Bertz CT molecular complexity index is 514. The molecular formula is C13H20N6O. The highest BCUT2D eigenvalue weighted by atomic mass is 16.5. The van der Waals surface area contributed by atoms with E-state index in [1.165, 1.54) is 0 Å². The summed E-state index contributed by atoms with van der Waals surface area (Å²) in [6, 6.07) is 1.89. The van der Waals surface area contributed by atoms with Crippen LogP contribution >= 0.6 is 0 Å². The molecule has 0 aromatic carbocycles. The van der Waals surface area contributed by atoms with Gasteiger partial charge in [-0.15, -0.1) is 0 Å². The third-order valence-corrected chi connectivity index (χ3v) is 2.76. The van der Waals surface area contributed by atoms with Crippen LogP contribution < -0.4 is 10.6 Å². The zero-order valence-electron chi connectivity index (χ0n) is 11.8. The fraction of sp³-hybridized carbons (Fsp3) is 0.462. The zero-order chi connectivity index (χ0) is 14.2. The van der Waals surface area contributed by atoms with E-state index in [4.69, 9.17) is 4.74 Å². The van der Waals surface area contributed by atoms with E-state index in [-0.39, 0.29) is 0 Å².